The first kappa shape index (κ1) is 27.4. The molecule has 1 amide bonds. The maximum atomic E-state index is 14.0. The third-order valence-corrected chi connectivity index (χ3v) is 7.65. The van der Waals surface area contributed by atoms with Gasteiger partial charge in [-0.25, -0.2) is 4.39 Å². The lowest BCUT2D eigenvalue weighted by atomic mass is 9.88. The highest BCUT2D eigenvalue weighted by Gasteiger charge is 2.36. The summed E-state index contributed by atoms with van der Waals surface area (Å²) in [5.41, 5.74) is 3.96. The van der Waals surface area contributed by atoms with E-state index in [1.54, 1.807) is 32.4 Å². The van der Waals surface area contributed by atoms with Crippen LogP contribution >= 0.6 is 0 Å². The minimum Gasteiger partial charge on any atom is -0.493 e. The number of hydrogen-bond acceptors (Lipinski definition) is 4. The van der Waals surface area contributed by atoms with Crippen molar-refractivity contribution in [3.05, 3.63) is 131 Å². The van der Waals surface area contributed by atoms with Crippen LogP contribution in [0.25, 0.3) is 0 Å². The van der Waals surface area contributed by atoms with Gasteiger partial charge in [0.05, 0.1) is 14.2 Å². The normalized spacial score (nSPS) is 17.0. The monoisotopic (exact) mass is 538 g/mol. The number of halogens is 1. The molecular weight excluding hydrogens is 503 g/mol. The van der Waals surface area contributed by atoms with Crippen molar-refractivity contribution in [1.82, 2.24) is 9.80 Å². The van der Waals surface area contributed by atoms with E-state index < -0.39 is 0 Å². The van der Waals surface area contributed by atoms with Crippen molar-refractivity contribution in [1.29, 1.82) is 0 Å². The van der Waals surface area contributed by atoms with Crippen LogP contribution in [0.1, 0.15) is 33.0 Å². The summed E-state index contributed by atoms with van der Waals surface area (Å²) < 4.78 is 24.7. The molecule has 0 aliphatic carbocycles. The Balaban J connectivity index is 1.45. The molecule has 40 heavy (non-hydrogen) atoms. The molecule has 0 aromatic heterocycles. The average Bonchev–Trinajstić information content (AvgIpc) is 3.39. The first-order chi connectivity index (χ1) is 19.5. The van der Waals surface area contributed by atoms with Gasteiger partial charge in [0.25, 0.3) is 5.91 Å². The third kappa shape index (κ3) is 6.52. The van der Waals surface area contributed by atoms with Crippen LogP contribution in [0, 0.1) is 11.7 Å². The maximum absolute atomic E-state index is 14.0. The standard InChI is InChI=1S/C34H35FN2O3/c1-39-32-18-15-28(19-33(32)40-2)34(38)37(21-26-11-7-4-8-12-26)23-29-22-36(20-25-9-5-3-6-10-25)24-31(29)27-13-16-30(35)17-14-27/h3-19,29,31H,20-24H2,1-2H3. The van der Waals surface area contributed by atoms with E-state index in [-0.39, 0.29) is 23.6 Å². The number of carbonyl (C=O) groups is 1. The maximum Gasteiger partial charge on any atom is 0.254 e. The fourth-order valence-electron chi connectivity index (χ4n) is 5.66. The van der Waals surface area contributed by atoms with Gasteiger partial charge in [-0.2, -0.15) is 0 Å². The Morgan fingerprint density at radius 2 is 1.48 bits per heavy atom. The zero-order valence-corrected chi connectivity index (χ0v) is 23.0. The molecule has 1 aliphatic rings. The molecule has 1 fully saturated rings. The van der Waals surface area contributed by atoms with Crippen molar-refractivity contribution >= 4 is 5.91 Å². The van der Waals surface area contributed by atoms with Crippen LogP contribution in [0.5, 0.6) is 11.5 Å². The number of carbonyl (C=O) groups excluding carboxylic acids is 1. The number of benzene rings is 4. The molecule has 0 N–H and O–H groups in total. The van der Waals surface area contributed by atoms with Crippen LogP contribution in [0.2, 0.25) is 0 Å². The number of ether oxygens (including phenoxy) is 2. The smallest absolute Gasteiger partial charge is 0.254 e. The van der Waals surface area contributed by atoms with E-state index in [0.717, 1.165) is 30.8 Å². The summed E-state index contributed by atoms with van der Waals surface area (Å²) in [6.45, 7) is 3.56. The van der Waals surface area contributed by atoms with Crippen LogP contribution < -0.4 is 9.47 Å². The lowest BCUT2D eigenvalue weighted by Crippen LogP contribution is -2.37. The molecule has 2 atom stereocenters. The Morgan fingerprint density at radius 1 is 0.825 bits per heavy atom. The zero-order valence-electron chi connectivity index (χ0n) is 23.0. The predicted octanol–water partition coefficient (Wildman–Crippen LogP) is 6.40. The van der Waals surface area contributed by atoms with E-state index in [2.05, 4.69) is 29.2 Å². The number of rotatable bonds is 10. The van der Waals surface area contributed by atoms with Crippen molar-refractivity contribution in [3.8, 4) is 11.5 Å². The van der Waals surface area contributed by atoms with E-state index in [9.17, 15) is 9.18 Å². The topological polar surface area (TPSA) is 42.0 Å². The molecule has 0 bridgehead atoms. The Kier molecular flexibility index (Phi) is 8.77. The summed E-state index contributed by atoms with van der Waals surface area (Å²) in [5, 5.41) is 0. The first-order valence-electron chi connectivity index (χ1n) is 13.6. The molecule has 0 spiro atoms. The second kappa shape index (κ2) is 12.8. The van der Waals surface area contributed by atoms with E-state index in [1.807, 2.05) is 53.4 Å². The van der Waals surface area contributed by atoms with Gasteiger partial charge < -0.3 is 14.4 Å². The van der Waals surface area contributed by atoms with Gasteiger partial charge in [-0.05, 0) is 52.9 Å². The molecule has 5 nitrogen and oxygen atoms in total. The summed E-state index contributed by atoms with van der Waals surface area (Å²) in [6.07, 6.45) is 0. The number of methoxy groups -OCH3 is 2. The molecule has 1 aliphatic heterocycles. The summed E-state index contributed by atoms with van der Waals surface area (Å²) in [6, 6.07) is 32.6. The van der Waals surface area contributed by atoms with Gasteiger partial charge in [0, 0.05) is 44.2 Å². The summed E-state index contributed by atoms with van der Waals surface area (Å²) in [7, 11) is 3.15. The highest BCUT2D eigenvalue weighted by Crippen LogP contribution is 2.35. The molecule has 4 aromatic carbocycles. The summed E-state index contributed by atoms with van der Waals surface area (Å²) in [4.78, 5) is 18.4. The van der Waals surface area contributed by atoms with E-state index in [4.69, 9.17) is 9.47 Å². The largest absolute Gasteiger partial charge is 0.493 e. The molecule has 206 valence electrons. The Labute approximate surface area is 235 Å². The van der Waals surface area contributed by atoms with Gasteiger partial charge in [-0.15, -0.1) is 0 Å². The predicted molar refractivity (Wildman–Crippen MR) is 155 cm³/mol. The second-order valence-corrected chi connectivity index (χ2v) is 10.3. The minimum atomic E-state index is -0.242. The quantitative estimate of drug-likeness (QED) is 0.234. The Bertz CT molecular complexity index is 1400. The van der Waals surface area contributed by atoms with Crippen LogP contribution in [-0.2, 0) is 13.1 Å². The van der Waals surface area contributed by atoms with Crippen LogP contribution in [0.4, 0.5) is 4.39 Å². The Hall–Kier alpha value is -4.16. The van der Waals surface area contributed by atoms with Crippen molar-refractivity contribution in [3.63, 3.8) is 0 Å². The molecule has 2 unspecified atom stereocenters. The lowest BCUT2D eigenvalue weighted by molar-refractivity contribution is 0.0710. The SMILES string of the molecule is COc1ccc(C(=O)N(Cc2ccccc2)CC2CN(Cc3ccccc3)CC2c2ccc(F)cc2)cc1OC. The van der Waals surface area contributed by atoms with Crippen LogP contribution in [0.3, 0.4) is 0 Å². The number of likely N-dealkylation sites (tertiary alicyclic amines) is 1. The molecule has 1 saturated heterocycles. The molecule has 1 heterocycles. The van der Waals surface area contributed by atoms with E-state index in [1.165, 1.54) is 17.7 Å². The molecular formula is C34H35FN2O3. The first-order valence-corrected chi connectivity index (χ1v) is 13.6. The van der Waals surface area contributed by atoms with Crippen LogP contribution in [0.15, 0.2) is 103 Å². The molecule has 0 saturated carbocycles. The summed E-state index contributed by atoms with van der Waals surface area (Å²) >= 11 is 0. The molecule has 4 aromatic rings. The minimum absolute atomic E-state index is 0.0656. The molecule has 6 heteroatoms. The highest BCUT2D eigenvalue weighted by molar-refractivity contribution is 5.95. The van der Waals surface area contributed by atoms with Gasteiger partial charge in [0.2, 0.25) is 0 Å². The molecule has 5 rings (SSSR count). The van der Waals surface area contributed by atoms with E-state index >= 15 is 0 Å². The number of amides is 1. The zero-order chi connectivity index (χ0) is 27.9. The van der Waals surface area contributed by atoms with Gasteiger partial charge in [0.1, 0.15) is 5.82 Å². The van der Waals surface area contributed by atoms with Crippen LogP contribution in [-0.4, -0.2) is 49.6 Å². The van der Waals surface area contributed by atoms with E-state index in [0.29, 0.717) is 30.2 Å². The lowest BCUT2D eigenvalue weighted by Gasteiger charge is -2.29. The highest BCUT2D eigenvalue weighted by atomic mass is 19.1. The van der Waals surface area contributed by atoms with Crippen molar-refractivity contribution in [2.24, 2.45) is 5.92 Å². The average molecular weight is 539 g/mol. The van der Waals surface area contributed by atoms with Gasteiger partial charge in [0.15, 0.2) is 11.5 Å². The number of hydrogen-bond donors (Lipinski definition) is 0. The number of nitrogens with zero attached hydrogens (tertiary/aromatic N) is 2. The third-order valence-electron chi connectivity index (χ3n) is 7.65. The fraction of sp³-hybridized carbons (Fsp3) is 0.265. The van der Waals surface area contributed by atoms with Gasteiger partial charge in [-0.3, -0.25) is 9.69 Å². The van der Waals surface area contributed by atoms with Crippen molar-refractivity contribution < 1.29 is 18.7 Å². The van der Waals surface area contributed by atoms with Gasteiger partial charge in [-0.1, -0.05) is 72.8 Å². The van der Waals surface area contributed by atoms with Gasteiger partial charge >= 0.3 is 0 Å². The van der Waals surface area contributed by atoms with Crippen molar-refractivity contribution in [2.45, 2.75) is 19.0 Å². The van der Waals surface area contributed by atoms with Crippen molar-refractivity contribution in [2.75, 3.05) is 33.9 Å². The summed E-state index contributed by atoms with van der Waals surface area (Å²) in [5.74, 6) is 1.13. The Morgan fingerprint density at radius 3 is 2.12 bits per heavy atom. The second-order valence-electron chi connectivity index (χ2n) is 10.3. The molecule has 0 radical (unpaired) electrons. The fourth-order valence-corrected chi connectivity index (χ4v) is 5.66.